The number of carbonyl (C=O) groups excluding carboxylic acids is 1. The second kappa shape index (κ2) is 8.58. The van der Waals surface area contributed by atoms with Crippen LogP contribution in [0.5, 0.6) is 0 Å². The second-order valence-electron chi connectivity index (χ2n) is 10.3. The van der Waals surface area contributed by atoms with Gasteiger partial charge in [-0.1, -0.05) is 13.8 Å². The Balaban J connectivity index is 1.28. The first-order valence-corrected chi connectivity index (χ1v) is 13.2. The molecule has 4 aliphatic heterocycles. The molecule has 5 fully saturated rings. The number of rotatable bonds is 5. The molecule has 1 amide bonds. The summed E-state index contributed by atoms with van der Waals surface area (Å²) < 4.78 is 13.0. The molecule has 8 atom stereocenters. The highest BCUT2D eigenvalue weighted by atomic mass is 32.2. The van der Waals surface area contributed by atoms with Gasteiger partial charge in [-0.2, -0.15) is 0 Å². The fourth-order valence-corrected chi connectivity index (χ4v) is 6.89. The number of hydrogen-bond acceptors (Lipinski definition) is 6. The molecule has 6 nitrogen and oxygen atoms in total. The summed E-state index contributed by atoms with van der Waals surface area (Å²) in [5.41, 5.74) is 0.293. The molecular weight excluding hydrogens is 426 g/mol. The van der Waals surface area contributed by atoms with Crippen molar-refractivity contribution in [3.05, 3.63) is 24.3 Å². The minimum atomic E-state index is -0.761. The lowest BCUT2D eigenvalue weighted by atomic mass is 9.57. The van der Waals surface area contributed by atoms with E-state index in [2.05, 4.69) is 19.2 Å². The van der Waals surface area contributed by atoms with Gasteiger partial charge in [-0.3, -0.25) is 4.79 Å². The smallest absolute Gasteiger partial charge is 0.224 e. The topological polar surface area (TPSA) is 66.0 Å². The molecule has 4 heterocycles. The number of hydrogen-bond donors (Lipinski definition) is 1. The van der Waals surface area contributed by atoms with E-state index in [1.165, 1.54) is 11.3 Å². The number of fused-ring (bicyclic) bond motifs is 2. The van der Waals surface area contributed by atoms with Crippen LogP contribution in [0.1, 0.15) is 59.3 Å². The standard InChI is InChI=1S/C25H35NO5S/c1-15-5-10-20-16(2)21(11-12-22(27)26-17-6-8-18(32-4)9-7-17)28-23-25(20)19(15)13-14-24(3,29-23)30-31-25/h6-9,15-16,19-21,23H,5,10-14H2,1-4H3,(H,26,27)/t15-,16-,19+,20+,21-,23-,24-,25-/m1/s1. The van der Waals surface area contributed by atoms with Crippen molar-refractivity contribution in [1.82, 2.24) is 0 Å². The molecule has 0 aromatic heterocycles. The zero-order chi connectivity index (χ0) is 22.5. The highest BCUT2D eigenvalue weighted by Crippen LogP contribution is 2.60. The van der Waals surface area contributed by atoms with E-state index in [9.17, 15) is 4.79 Å². The summed E-state index contributed by atoms with van der Waals surface area (Å²) in [6.45, 7) is 6.52. The van der Waals surface area contributed by atoms with Gasteiger partial charge in [0.25, 0.3) is 0 Å². The molecule has 1 N–H and O–H groups in total. The van der Waals surface area contributed by atoms with Crippen molar-refractivity contribution in [3.63, 3.8) is 0 Å². The van der Waals surface area contributed by atoms with Crippen LogP contribution in [0.4, 0.5) is 5.69 Å². The molecule has 6 rings (SSSR count). The van der Waals surface area contributed by atoms with Crippen LogP contribution in [-0.2, 0) is 24.0 Å². The molecule has 1 aromatic rings. The minimum absolute atomic E-state index is 0.0166. The number of anilines is 1. The van der Waals surface area contributed by atoms with Crippen molar-refractivity contribution in [2.45, 2.75) is 88.0 Å². The average molecular weight is 462 g/mol. The fourth-order valence-electron chi connectivity index (χ4n) is 6.48. The largest absolute Gasteiger partial charge is 0.346 e. The fraction of sp³-hybridized carbons (Fsp3) is 0.720. The number of amides is 1. The summed E-state index contributed by atoms with van der Waals surface area (Å²) in [5, 5.41) is 3.02. The molecule has 176 valence electrons. The van der Waals surface area contributed by atoms with E-state index in [1.54, 1.807) is 11.8 Å². The van der Waals surface area contributed by atoms with Crippen LogP contribution < -0.4 is 5.32 Å². The lowest BCUT2D eigenvalue weighted by Crippen LogP contribution is -2.70. The summed E-state index contributed by atoms with van der Waals surface area (Å²) in [7, 11) is 0. The minimum Gasteiger partial charge on any atom is -0.346 e. The maximum Gasteiger partial charge on any atom is 0.224 e. The Morgan fingerprint density at radius 3 is 2.66 bits per heavy atom. The monoisotopic (exact) mass is 461 g/mol. The molecule has 7 heteroatoms. The lowest BCUT2D eigenvalue weighted by Gasteiger charge is -2.60. The first kappa shape index (κ1) is 22.7. The number of carbonyl (C=O) groups is 1. The summed E-state index contributed by atoms with van der Waals surface area (Å²) in [6, 6.07) is 7.94. The molecule has 2 bridgehead atoms. The van der Waals surface area contributed by atoms with Gasteiger partial charge in [0.1, 0.15) is 0 Å². The average Bonchev–Trinajstić information content (AvgIpc) is 3.01. The van der Waals surface area contributed by atoms with Crippen LogP contribution in [0.3, 0.4) is 0 Å². The molecule has 0 unspecified atom stereocenters. The predicted octanol–water partition coefficient (Wildman–Crippen LogP) is 5.38. The van der Waals surface area contributed by atoms with Crippen LogP contribution in [0.15, 0.2) is 29.2 Å². The Hall–Kier alpha value is -1.12. The Morgan fingerprint density at radius 1 is 1.12 bits per heavy atom. The predicted molar refractivity (Wildman–Crippen MR) is 123 cm³/mol. The maximum absolute atomic E-state index is 12.6. The van der Waals surface area contributed by atoms with E-state index in [1.807, 2.05) is 37.4 Å². The van der Waals surface area contributed by atoms with Gasteiger partial charge in [0.15, 0.2) is 11.9 Å². The summed E-state index contributed by atoms with van der Waals surface area (Å²) in [6.07, 6.45) is 6.75. The van der Waals surface area contributed by atoms with Crippen molar-refractivity contribution in [2.24, 2.45) is 23.7 Å². The van der Waals surface area contributed by atoms with E-state index in [0.29, 0.717) is 30.6 Å². The van der Waals surface area contributed by atoms with Crippen LogP contribution in [-0.4, -0.2) is 35.9 Å². The van der Waals surface area contributed by atoms with Crippen molar-refractivity contribution in [2.75, 3.05) is 11.6 Å². The zero-order valence-corrected chi connectivity index (χ0v) is 20.3. The van der Waals surface area contributed by atoms with Gasteiger partial charge in [-0.25, -0.2) is 9.78 Å². The van der Waals surface area contributed by atoms with E-state index in [4.69, 9.17) is 19.2 Å². The van der Waals surface area contributed by atoms with Crippen LogP contribution in [0, 0.1) is 23.7 Å². The van der Waals surface area contributed by atoms with Gasteiger partial charge in [0.2, 0.25) is 11.7 Å². The molecule has 5 aliphatic rings. The van der Waals surface area contributed by atoms with Gasteiger partial charge in [0, 0.05) is 29.3 Å². The first-order chi connectivity index (χ1) is 15.3. The zero-order valence-electron chi connectivity index (χ0n) is 19.5. The number of nitrogens with one attached hydrogen (secondary N) is 1. The number of ether oxygens (including phenoxy) is 2. The maximum atomic E-state index is 12.6. The molecule has 1 saturated carbocycles. The van der Waals surface area contributed by atoms with Gasteiger partial charge < -0.3 is 14.8 Å². The second-order valence-corrected chi connectivity index (χ2v) is 11.1. The third-order valence-electron chi connectivity index (χ3n) is 8.32. The van der Waals surface area contributed by atoms with Gasteiger partial charge >= 0.3 is 0 Å². The van der Waals surface area contributed by atoms with Gasteiger partial charge in [0.05, 0.1) is 6.10 Å². The molecule has 1 aromatic carbocycles. The van der Waals surface area contributed by atoms with Crippen molar-refractivity contribution in [3.8, 4) is 0 Å². The quantitative estimate of drug-likeness (QED) is 0.469. The van der Waals surface area contributed by atoms with Gasteiger partial charge in [-0.15, -0.1) is 11.8 Å². The SMILES string of the molecule is CSc1ccc(NC(=O)CC[C@H]2O[C@@H]3O[C@@]4(C)CC[C@H]5[C@H](C)CC[C@@H]([C@H]2C)[C@@]35OO4)cc1. The van der Waals surface area contributed by atoms with Crippen LogP contribution in [0.25, 0.3) is 0 Å². The van der Waals surface area contributed by atoms with Gasteiger partial charge in [-0.05, 0) is 80.9 Å². The Labute approximate surface area is 195 Å². The Bertz CT molecular complexity index is 849. The molecule has 0 radical (unpaired) electrons. The molecule has 1 aliphatic carbocycles. The Kier molecular flexibility index (Phi) is 6.08. The normalized spacial score (nSPS) is 42.8. The van der Waals surface area contributed by atoms with E-state index >= 15 is 0 Å². The third-order valence-corrected chi connectivity index (χ3v) is 9.07. The molecular formula is C25H35NO5S. The highest BCUT2D eigenvalue weighted by molar-refractivity contribution is 7.98. The van der Waals surface area contributed by atoms with Crippen molar-refractivity contribution in [1.29, 1.82) is 0 Å². The summed E-state index contributed by atoms with van der Waals surface area (Å²) >= 11 is 1.69. The lowest BCUT2D eigenvalue weighted by molar-refractivity contribution is -0.571. The molecule has 1 spiro atoms. The van der Waals surface area contributed by atoms with E-state index < -0.39 is 17.7 Å². The van der Waals surface area contributed by atoms with E-state index in [0.717, 1.165) is 24.9 Å². The summed E-state index contributed by atoms with van der Waals surface area (Å²) in [5.74, 6) is 0.747. The van der Waals surface area contributed by atoms with E-state index in [-0.39, 0.29) is 17.9 Å². The summed E-state index contributed by atoms with van der Waals surface area (Å²) in [4.78, 5) is 25.9. The van der Waals surface area contributed by atoms with Crippen molar-refractivity contribution < 1.29 is 24.0 Å². The number of benzene rings is 1. The third kappa shape index (κ3) is 3.80. The molecule has 32 heavy (non-hydrogen) atoms. The number of thioether (sulfide) groups is 1. The van der Waals surface area contributed by atoms with Crippen LogP contribution in [0.2, 0.25) is 0 Å². The molecule has 4 saturated heterocycles. The highest BCUT2D eigenvalue weighted by Gasteiger charge is 2.69. The Morgan fingerprint density at radius 2 is 1.91 bits per heavy atom. The first-order valence-electron chi connectivity index (χ1n) is 12.0. The van der Waals surface area contributed by atoms with Crippen LogP contribution >= 0.6 is 11.8 Å². The van der Waals surface area contributed by atoms with Crippen molar-refractivity contribution >= 4 is 23.4 Å².